The lowest BCUT2D eigenvalue weighted by Gasteiger charge is -2.28. The molecule has 0 spiro atoms. The van der Waals surface area contributed by atoms with Gasteiger partial charge in [-0.05, 0) is 68.7 Å². The molecule has 1 aromatic heterocycles. The van der Waals surface area contributed by atoms with Crippen molar-refractivity contribution in [3.05, 3.63) is 124 Å². The molecule has 2 aliphatic rings. The van der Waals surface area contributed by atoms with E-state index in [4.69, 9.17) is 11.3 Å². The summed E-state index contributed by atoms with van der Waals surface area (Å²) in [5.41, 5.74) is 0.568. The number of morpholine rings is 1. The van der Waals surface area contributed by atoms with Crippen molar-refractivity contribution in [2.75, 3.05) is 39.4 Å². The lowest BCUT2D eigenvalue weighted by atomic mass is 9.93. The second-order valence-electron chi connectivity index (χ2n) is 13.6. The molecule has 0 unspecified atom stereocenters. The first-order valence-corrected chi connectivity index (χ1v) is 20.3. The van der Waals surface area contributed by atoms with Crippen molar-refractivity contribution < 1.29 is 30.8 Å². The molecule has 2 N–H and O–H groups in total. The van der Waals surface area contributed by atoms with Crippen molar-refractivity contribution in [2.45, 2.75) is 48.4 Å². The van der Waals surface area contributed by atoms with E-state index in [1.807, 2.05) is 0 Å². The molecular weight excluding hydrogens is 734 g/mol. The van der Waals surface area contributed by atoms with Gasteiger partial charge < -0.3 is 15.0 Å². The van der Waals surface area contributed by atoms with Crippen LogP contribution in [0.25, 0.3) is 26.7 Å². The number of carbonyl (C=O) groups excluding carboxylic acids is 1. The molecule has 282 valence electrons. The van der Waals surface area contributed by atoms with Crippen LogP contribution in [0.1, 0.15) is 49.0 Å². The van der Waals surface area contributed by atoms with Crippen LogP contribution in [0.4, 0.5) is 10.1 Å². The third-order valence-corrected chi connectivity index (χ3v) is 13.4. The van der Waals surface area contributed by atoms with E-state index in [2.05, 4.69) is 15.1 Å². The number of nitrogens with one attached hydrogen (secondary N) is 2. The van der Waals surface area contributed by atoms with Crippen molar-refractivity contribution in [1.29, 1.82) is 0 Å². The Kier molecular flexibility index (Phi) is 11.3. The van der Waals surface area contributed by atoms with Gasteiger partial charge in [0.05, 0.1) is 46.2 Å². The highest BCUT2D eigenvalue weighted by Gasteiger charge is 2.29. The Morgan fingerprint density at radius 3 is 1.98 bits per heavy atom. The predicted octanol–water partition coefficient (Wildman–Crippen LogP) is 5.92. The number of aromatic amines is 1. The fourth-order valence-electron chi connectivity index (χ4n) is 6.47. The zero-order valence-electron chi connectivity index (χ0n) is 29.8. The summed E-state index contributed by atoms with van der Waals surface area (Å²) in [7, 11) is -7.01. The van der Waals surface area contributed by atoms with Gasteiger partial charge in [0, 0.05) is 42.5 Å². The Hall–Kier alpha value is -4.98. The van der Waals surface area contributed by atoms with E-state index in [1.165, 1.54) is 38.9 Å². The lowest BCUT2D eigenvalue weighted by molar-refractivity contribution is 0.0730. The molecule has 5 aromatic rings. The third kappa shape index (κ3) is 8.08. The molecule has 2 saturated heterocycles. The van der Waals surface area contributed by atoms with Crippen LogP contribution in [0.15, 0.2) is 99.5 Å². The highest BCUT2D eigenvalue weighted by atomic mass is 32.2. The molecule has 2 aliphatic heterocycles. The number of aromatic nitrogens is 1. The van der Waals surface area contributed by atoms with Crippen LogP contribution in [-0.4, -0.2) is 75.7 Å². The average molecular weight is 774 g/mol. The SMILES string of the molecule is CC(C)(NC(=O)c1cc2[nH]c3ccccc3c(=O)c2cc1F)c1ccc(S(=O)(=O)N2CCOCC2)cc1.[C-]#[N+]c1ccc(S(=O)(=O)N2CCCCC2)cc1. The largest absolute Gasteiger partial charge is 0.379 e. The second-order valence-corrected chi connectivity index (χ2v) is 17.4. The number of ether oxygens (including phenoxy) is 1. The predicted molar refractivity (Wildman–Crippen MR) is 204 cm³/mol. The monoisotopic (exact) mass is 773 g/mol. The molecule has 0 saturated carbocycles. The van der Waals surface area contributed by atoms with Gasteiger partial charge in [0.25, 0.3) is 5.91 Å². The molecule has 4 aromatic carbocycles. The molecule has 0 aliphatic carbocycles. The minimum absolute atomic E-state index is 0.150. The Morgan fingerprint density at radius 1 is 0.796 bits per heavy atom. The van der Waals surface area contributed by atoms with Crippen LogP contribution in [-0.2, 0) is 30.3 Å². The van der Waals surface area contributed by atoms with E-state index in [-0.39, 0.29) is 26.2 Å². The lowest BCUT2D eigenvalue weighted by Crippen LogP contribution is -2.42. The van der Waals surface area contributed by atoms with Gasteiger partial charge >= 0.3 is 0 Å². The van der Waals surface area contributed by atoms with Crippen LogP contribution in [0.5, 0.6) is 0 Å². The average Bonchev–Trinajstić information content (AvgIpc) is 3.19. The molecule has 3 heterocycles. The number of benzene rings is 4. The molecule has 1 amide bonds. The molecule has 12 nitrogen and oxygen atoms in total. The number of amides is 1. The first-order valence-electron chi connectivity index (χ1n) is 17.5. The highest BCUT2D eigenvalue weighted by Crippen LogP contribution is 2.26. The van der Waals surface area contributed by atoms with Crippen molar-refractivity contribution in [1.82, 2.24) is 18.9 Å². The Morgan fingerprint density at radius 2 is 1.37 bits per heavy atom. The van der Waals surface area contributed by atoms with Crippen LogP contribution < -0.4 is 10.7 Å². The molecule has 0 atom stereocenters. The maximum Gasteiger partial charge on any atom is 0.255 e. The quantitative estimate of drug-likeness (QED) is 0.154. The molecule has 0 bridgehead atoms. The number of rotatable bonds is 7. The van der Waals surface area contributed by atoms with Gasteiger partial charge in [-0.1, -0.05) is 55.0 Å². The number of nitrogens with zero attached hydrogens (tertiary/aromatic N) is 3. The summed E-state index contributed by atoms with van der Waals surface area (Å²) in [5, 5.41) is 3.41. The minimum Gasteiger partial charge on any atom is -0.379 e. The van der Waals surface area contributed by atoms with Gasteiger partial charge in [-0.25, -0.2) is 26.1 Å². The van der Waals surface area contributed by atoms with Crippen molar-refractivity contribution in [3.63, 3.8) is 0 Å². The number of sulfonamides is 2. The number of hydrogen-bond acceptors (Lipinski definition) is 7. The summed E-state index contributed by atoms with van der Waals surface area (Å²) in [4.78, 5) is 32.7. The van der Waals surface area contributed by atoms with Gasteiger partial charge in [0.2, 0.25) is 20.0 Å². The number of carbonyl (C=O) groups is 1. The smallest absolute Gasteiger partial charge is 0.255 e. The summed E-state index contributed by atoms with van der Waals surface area (Å²) in [5.74, 6) is -1.48. The zero-order valence-corrected chi connectivity index (χ0v) is 31.5. The molecule has 54 heavy (non-hydrogen) atoms. The van der Waals surface area contributed by atoms with Gasteiger partial charge in [-0.15, -0.1) is 0 Å². The number of hydrogen-bond donors (Lipinski definition) is 2. The van der Waals surface area contributed by atoms with E-state index in [0.29, 0.717) is 67.1 Å². The zero-order chi connectivity index (χ0) is 38.7. The highest BCUT2D eigenvalue weighted by molar-refractivity contribution is 7.89. The van der Waals surface area contributed by atoms with E-state index in [9.17, 15) is 30.8 Å². The summed E-state index contributed by atoms with van der Waals surface area (Å²) in [6.45, 7) is 12.8. The standard InChI is InChI=1S/C27H26FN3O5S.C12H14N2O2S/c1-27(2,17-7-9-18(10-8-17)37(34,35)31-11-13-36-14-12-31)30-26(33)20-16-24-21(15-22(20)28)25(32)19-5-3-4-6-23(19)29-24;1-13-11-5-7-12(8-6-11)17(15,16)14-9-3-2-4-10-14/h3-10,15-16H,11-14H2,1-2H3,(H,29,32)(H,30,33);5-8H,2-4,9-10H2. The van der Waals surface area contributed by atoms with E-state index >= 15 is 0 Å². The fraction of sp³-hybridized carbons (Fsp3) is 0.308. The fourth-order valence-corrected chi connectivity index (χ4v) is 9.39. The van der Waals surface area contributed by atoms with Crippen LogP contribution >= 0.6 is 0 Å². The van der Waals surface area contributed by atoms with E-state index in [0.717, 1.165) is 25.3 Å². The number of halogens is 1. The maximum absolute atomic E-state index is 15.0. The molecule has 15 heteroatoms. The van der Waals surface area contributed by atoms with Gasteiger partial charge in [0.15, 0.2) is 11.1 Å². The van der Waals surface area contributed by atoms with E-state index in [1.54, 1.807) is 62.4 Å². The minimum atomic E-state index is -3.65. The number of H-pyrrole nitrogens is 1. The summed E-state index contributed by atoms with van der Waals surface area (Å²) in [6, 6.07) is 21.7. The van der Waals surface area contributed by atoms with Gasteiger partial charge in [-0.3, -0.25) is 9.59 Å². The van der Waals surface area contributed by atoms with Gasteiger partial charge in [0.1, 0.15) is 5.82 Å². The van der Waals surface area contributed by atoms with Gasteiger partial charge in [-0.2, -0.15) is 8.61 Å². The normalized spacial score (nSPS) is 16.0. The van der Waals surface area contributed by atoms with Crippen molar-refractivity contribution >= 4 is 53.4 Å². The van der Waals surface area contributed by atoms with E-state index < -0.39 is 37.3 Å². The number of piperidine rings is 1. The molecule has 2 fully saturated rings. The van der Waals surface area contributed by atoms with Crippen molar-refractivity contribution in [3.8, 4) is 0 Å². The maximum atomic E-state index is 15.0. The van der Waals surface area contributed by atoms with Crippen LogP contribution in [0, 0.1) is 12.4 Å². The number of para-hydroxylation sites is 1. The molecule has 0 radical (unpaired) electrons. The summed E-state index contributed by atoms with van der Waals surface area (Å²) >= 11 is 0. The number of pyridine rings is 1. The summed E-state index contributed by atoms with van der Waals surface area (Å²) in [6.07, 6.45) is 2.96. The Labute approximate surface area is 313 Å². The molecule has 7 rings (SSSR count). The second kappa shape index (κ2) is 15.8. The van der Waals surface area contributed by atoms with Crippen LogP contribution in [0.2, 0.25) is 0 Å². The first-order chi connectivity index (χ1) is 25.7. The molecular formula is C39H40FN5O7S2. The summed E-state index contributed by atoms with van der Waals surface area (Å²) < 4.78 is 73.4. The Bertz CT molecular complexity index is 2500. The van der Waals surface area contributed by atoms with Crippen molar-refractivity contribution in [2.24, 2.45) is 0 Å². The topological polar surface area (TPSA) is 150 Å². The Balaban J connectivity index is 0.000000244. The number of fused-ring (bicyclic) bond motifs is 2. The van der Waals surface area contributed by atoms with Crippen LogP contribution in [0.3, 0.4) is 0 Å². The first kappa shape index (κ1) is 38.7. The third-order valence-electron chi connectivity index (χ3n) is 9.57.